The summed E-state index contributed by atoms with van der Waals surface area (Å²) in [5.74, 6) is 0. The molecule has 0 aliphatic carbocycles. The smallest absolute Gasteiger partial charge is 0.379 e. The Balaban J connectivity index is 3.33. The number of hydrogen-bond acceptors (Lipinski definition) is 2. The average molecular weight is 227 g/mol. The summed E-state index contributed by atoms with van der Waals surface area (Å²) in [5, 5.41) is 2.97. The number of methoxy groups -OCH3 is 1. The molecule has 5 heteroatoms. The van der Waals surface area contributed by atoms with Gasteiger partial charge in [0, 0.05) is 13.5 Å². The molecule has 0 aromatic carbocycles. The van der Waals surface area contributed by atoms with Crippen LogP contribution in [0.3, 0.4) is 0 Å². The van der Waals surface area contributed by atoms with Crippen molar-refractivity contribution in [2.45, 2.75) is 44.9 Å². The minimum atomic E-state index is -4.03. The van der Waals surface area contributed by atoms with Crippen LogP contribution in [0.5, 0.6) is 0 Å². The second-order valence-electron chi connectivity index (χ2n) is 4.18. The Labute approximate surface area is 89.2 Å². The summed E-state index contributed by atoms with van der Waals surface area (Å²) in [4.78, 5) is 0. The predicted molar refractivity (Wildman–Crippen MR) is 53.9 cm³/mol. The maximum Gasteiger partial charge on any atom is 0.389 e. The molecule has 0 saturated carbocycles. The molecule has 0 amide bonds. The molecule has 0 aromatic heterocycles. The first-order valence-corrected chi connectivity index (χ1v) is 5.09. The normalized spacial score (nSPS) is 13.2. The van der Waals surface area contributed by atoms with Crippen molar-refractivity contribution in [3.63, 3.8) is 0 Å². The quantitative estimate of drug-likeness (QED) is 0.675. The number of halogens is 3. The summed E-state index contributed by atoms with van der Waals surface area (Å²) < 4.78 is 40.5. The Bertz CT molecular complexity index is 169. The maximum absolute atomic E-state index is 11.8. The molecule has 0 aliphatic rings. The van der Waals surface area contributed by atoms with Crippen molar-refractivity contribution in [2.75, 3.05) is 20.2 Å². The van der Waals surface area contributed by atoms with E-state index in [4.69, 9.17) is 4.74 Å². The highest BCUT2D eigenvalue weighted by atomic mass is 19.4. The average Bonchev–Trinajstić information content (AvgIpc) is 2.09. The summed E-state index contributed by atoms with van der Waals surface area (Å²) >= 11 is 0. The molecular weight excluding hydrogens is 207 g/mol. The highest BCUT2D eigenvalue weighted by molar-refractivity contribution is 4.68. The lowest BCUT2D eigenvalue weighted by Gasteiger charge is -2.22. The summed E-state index contributed by atoms with van der Waals surface area (Å²) in [6.07, 6.45) is -3.83. The van der Waals surface area contributed by atoms with Crippen LogP contribution in [0.2, 0.25) is 0 Å². The predicted octanol–water partition coefficient (Wildman–Crippen LogP) is 2.73. The van der Waals surface area contributed by atoms with Crippen LogP contribution in [0.1, 0.15) is 33.1 Å². The van der Waals surface area contributed by atoms with Gasteiger partial charge in [0.1, 0.15) is 0 Å². The van der Waals surface area contributed by atoms with Crippen molar-refractivity contribution in [2.24, 2.45) is 0 Å². The van der Waals surface area contributed by atoms with Crippen LogP contribution in [-0.4, -0.2) is 32.0 Å². The molecule has 0 aromatic rings. The number of ether oxygens (including phenoxy) is 1. The summed E-state index contributed by atoms with van der Waals surface area (Å²) in [5.41, 5.74) is -0.211. The van der Waals surface area contributed by atoms with Gasteiger partial charge in [0.25, 0.3) is 0 Å². The lowest BCUT2D eigenvalue weighted by atomic mass is 10.1. The lowest BCUT2D eigenvalue weighted by molar-refractivity contribution is -0.135. The second kappa shape index (κ2) is 6.33. The largest absolute Gasteiger partial charge is 0.389 e. The summed E-state index contributed by atoms with van der Waals surface area (Å²) in [6.45, 7) is 4.98. The van der Waals surface area contributed by atoms with Gasteiger partial charge in [0.2, 0.25) is 0 Å². The fourth-order valence-electron chi connectivity index (χ4n) is 1.03. The van der Waals surface area contributed by atoms with E-state index in [1.54, 1.807) is 7.11 Å². The van der Waals surface area contributed by atoms with Gasteiger partial charge in [-0.25, -0.2) is 0 Å². The molecule has 0 saturated heterocycles. The molecule has 1 N–H and O–H groups in total. The van der Waals surface area contributed by atoms with Crippen molar-refractivity contribution in [1.82, 2.24) is 5.32 Å². The Morgan fingerprint density at radius 2 is 1.67 bits per heavy atom. The number of nitrogens with one attached hydrogen (secondary N) is 1. The molecule has 0 radical (unpaired) electrons. The standard InChI is InChI=1S/C10H20F3NO/c1-9(2,15-3)6-8-14-7-4-5-10(11,12)13/h14H,4-8H2,1-3H3. The molecule has 92 valence electrons. The van der Waals surface area contributed by atoms with Gasteiger partial charge in [-0.05, 0) is 39.8 Å². The third kappa shape index (κ3) is 10.0. The van der Waals surface area contributed by atoms with E-state index in [9.17, 15) is 13.2 Å². The molecular formula is C10H20F3NO. The zero-order chi connectivity index (χ0) is 11.9. The first-order chi connectivity index (χ1) is 6.77. The van der Waals surface area contributed by atoms with Gasteiger partial charge in [-0.2, -0.15) is 13.2 Å². The van der Waals surface area contributed by atoms with Crippen molar-refractivity contribution in [1.29, 1.82) is 0 Å². The van der Waals surface area contributed by atoms with Gasteiger partial charge in [-0.1, -0.05) is 0 Å². The van der Waals surface area contributed by atoms with Crippen LogP contribution >= 0.6 is 0 Å². The van der Waals surface area contributed by atoms with Gasteiger partial charge in [0.05, 0.1) is 5.60 Å². The minimum Gasteiger partial charge on any atom is -0.379 e. The van der Waals surface area contributed by atoms with Crippen LogP contribution in [0.25, 0.3) is 0 Å². The second-order valence-corrected chi connectivity index (χ2v) is 4.18. The van der Waals surface area contributed by atoms with Gasteiger partial charge in [0.15, 0.2) is 0 Å². The number of hydrogen-bond donors (Lipinski definition) is 1. The first kappa shape index (κ1) is 14.7. The number of rotatable bonds is 7. The molecule has 0 unspecified atom stereocenters. The molecule has 0 fully saturated rings. The van der Waals surface area contributed by atoms with Crippen molar-refractivity contribution in [3.05, 3.63) is 0 Å². The molecule has 15 heavy (non-hydrogen) atoms. The Hall–Kier alpha value is -0.290. The van der Waals surface area contributed by atoms with Crippen molar-refractivity contribution >= 4 is 0 Å². The van der Waals surface area contributed by atoms with Crippen LogP contribution in [-0.2, 0) is 4.74 Å². The third-order valence-electron chi connectivity index (χ3n) is 2.27. The highest BCUT2D eigenvalue weighted by Crippen LogP contribution is 2.20. The van der Waals surface area contributed by atoms with E-state index in [-0.39, 0.29) is 12.0 Å². The Kier molecular flexibility index (Phi) is 6.20. The molecule has 0 heterocycles. The van der Waals surface area contributed by atoms with E-state index in [0.29, 0.717) is 13.1 Å². The first-order valence-electron chi connectivity index (χ1n) is 5.09. The Morgan fingerprint density at radius 1 is 1.07 bits per heavy atom. The van der Waals surface area contributed by atoms with Gasteiger partial charge in [-0.3, -0.25) is 0 Å². The highest BCUT2D eigenvalue weighted by Gasteiger charge is 2.25. The van der Waals surface area contributed by atoms with E-state index in [1.807, 2.05) is 13.8 Å². The molecule has 0 bridgehead atoms. The van der Waals surface area contributed by atoms with E-state index < -0.39 is 12.6 Å². The SMILES string of the molecule is COC(C)(C)CCNCCCC(F)(F)F. The number of alkyl halides is 3. The van der Waals surface area contributed by atoms with Crippen LogP contribution in [0.4, 0.5) is 13.2 Å². The van der Waals surface area contributed by atoms with Gasteiger partial charge in [-0.15, -0.1) is 0 Å². The zero-order valence-corrected chi connectivity index (χ0v) is 9.58. The van der Waals surface area contributed by atoms with Gasteiger partial charge < -0.3 is 10.1 Å². The van der Waals surface area contributed by atoms with E-state index >= 15 is 0 Å². The summed E-state index contributed by atoms with van der Waals surface area (Å²) in [6, 6.07) is 0. The summed E-state index contributed by atoms with van der Waals surface area (Å²) in [7, 11) is 1.63. The fraction of sp³-hybridized carbons (Fsp3) is 1.00. The van der Waals surface area contributed by atoms with E-state index in [0.717, 1.165) is 6.42 Å². The minimum absolute atomic E-state index is 0.136. The van der Waals surface area contributed by atoms with E-state index in [2.05, 4.69) is 5.32 Å². The Morgan fingerprint density at radius 3 is 2.13 bits per heavy atom. The molecule has 0 aliphatic heterocycles. The van der Waals surface area contributed by atoms with Crippen LogP contribution in [0.15, 0.2) is 0 Å². The van der Waals surface area contributed by atoms with E-state index in [1.165, 1.54) is 0 Å². The molecule has 0 rings (SSSR count). The molecule has 0 spiro atoms. The van der Waals surface area contributed by atoms with Gasteiger partial charge >= 0.3 is 6.18 Å². The topological polar surface area (TPSA) is 21.3 Å². The fourth-order valence-corrected chi connectivity index (χ4v) is 1.03. The zero-order valence-electron chi connectivity index (χ0n) is 9.58. The van der Waals surface area contributed by atoms with Crippen LogP contribution in [0, 0.1) is 0 Å². The van der Waals surface area contributed by atoms with Crippen molar-refractivity contribution < 1.29 is 17.9 Å². The van der Waals surface area contributed by atoms with Crippen LogP contribution < -0.4 is 5.32 Å². The monoisotopic (exact) mass is 227 g/mol. The lowest BCUT2D eigenvalue weighted by Crippen LogP contribution is -2.29. The van der Waals surface area contributed by atoms with Crippen molar-refractivity contribution in [3.8, 4) is 0 Å². The third-order valence-corrected chi connectivity index (χ3v) is 2.27. The molecule has 0 atom stereocenters. The maximum atomic E-state index is 11.8. The molecule has 2 nitrogen and oxygen atoms in total.